The number of sulfonamides is 1. The lowest BCUT2D eigenvalue weighted by molar-refractivity contribution is 0.0692. The van der Waals surface area contributed by atoms with E-state index in [4.69, 9.17) is 5.11 Å². The van der Waals surface area contributed by atoms with E-state index in [1.54, 1.807) is 6.92 Å². The van der Waals surface area contributed by atoms with E-state index in [-0.39, 0.29) is 6.54 Å². The van der Waals surface area contributed by atoms with Gasteiger partial charge in [-0.05, 0) is 37.0 Å². The molecule has 1 aliphatic carbocycles. The van der Waals surface area contributed by atoms with Gasteiger partial charge in [0.25, 0.3) is 0 Å². The molecule has 1 aromatic rings. The van der Waals surface area contributed by atoms with Crippen LogP contribution in [-0.4, -0.2) is 36.9 Å². The highest BCUT2D eigenvalue weighted by atomic mass is 32.2. The summed E-state index contributed by atoms with van der Waals surface area (Å²) in [5, 5.41) is 9.11. The van der Waals surface area contributed by atoms with Crippen LogP contribution in [0.15, 0.2) is 23.1 Å². The summed E-state index contributed by atoms with van der Waals surface area (Å²) in [5.74, 6) is -1.84. The summed E-state index contributed by atoms with van der Waals surface area (Å²) in [6.07, 6.45) is 3.03. The highest BCUT2D eigenvalue weighted by Crippen LogP contribution is 2.30. The van der Waals surface area contributed by atoms with Crippen LogP contribution in [0.25, 0.3) is 0 Å². The van der Waals surface area contributed by atoms with Gasteiger partial charge >= 0.3 is 5.97 Å². The van der Waals surface area contributed by atoms with Gasteiger partial charge in [0, 0.05) is 13.1 Å². The SMILES string of the molecule is CCN(CC1CCC1)S(=O)(=O)c1cc(F)ccc1C(=O)O. The number of carboxylic acids is 1. The number of aromatic carboxylic acids is 1. The molecule has 1 aromatic carbocycles. The van der Waals surface area contributed by atoms with Gasteiger partial charge in [0.1, 0.15) is 5.82 Å². The van der Waals surface area contributed by atoms with Crippen LogP contribution in [0.5, 0.6) is 0 Å². The second-order valence-electron chi connectivity index (χ2n) is 5.20. The predicted molar refractivity (Wildman–Crippen MR) is 75.1 cm³/mol. The Balaban J connectivity index is 2.41. The van der Waals surface area contributed by atoms with E-state index in [1.165, 1.54) is 4.31 Å². The van der Waals surface area contributed by atoms with Gasteiger partial charge in [-0.25, -0.2) is 17.6 Å². The Morgan fingerprint density at radius 1 is 1.43 bits per heavy atom. The zero-order valence-corrected chi connectivity index (χ0v) is 12.6. The maximum atomic E-state index is 13.4. The number of rotatable bonds is 6. The highest BCUT2D eigenvalue weighted by molar-refractivity contribution is 7.89. The summed E-state index contributed by atoms with van der Waals surface area (Å²) in [6.45, 7) is 2.28. The molecule has 7 heteroatoms. The van der Waals surface area contributed by atoms with E-state index >= 15 is 0 Å². The Morgan fingerprint density at radius 3 is 2.57 bits per heavy atom. The van der Waals surface area contributed by atoms with Crippen molar-refractivity contribution in [1.82, 2.24) is 4.31 Å². The maximum Gasteiger partial charge on any atom is 0.337 e. The van der Waals surface area contributed by atoms with Gasteiger partial charge in [0.15, 0.2) is 0 Å². The molecular weight excluding hydrogens is 297 g/mol. The Hall–Kier alpha value is -1.47. The van der Waals surface area contributed by atoms with Crippen molar-refractivity contribution in [3.05, 3.63) is 29.6 Å². The molecule has 1 fully saturated rings. The summed E-state index contributed by atoms with van der Waals surface area (Å²) in [7, 11) is -4.01. The molecule has 0 spiro atoms. The molecule has 0 aromatic heterocycles. The number of hydrogen-bond donors (Lipinski definition) is 1. The molecule has 0 amide bonds. The lowest BCUT2D eigenvalue weighted by Gasteiger charge is -2.31. The molecule has 0 saturated heterocycles. The zero-order valence-electron chi connectivity index (χ0n) is 11.8. The van der Waals surface area contributed by atoms with Gasteiger partial charge in [0.05, 0.1) is 10.5 Å². The first kappa shape index (κ1) is 15.9. The number of nitrogens with zero attached hydrogens (tertiary/aromatic N) is 1. The first-order valence-corrected chi connectivity index (χ1v) is 8.33. The van der Waals surface area contributed by atoms with Crippen molar-refractivity contribution in [2.45, 2.75) is 31.1 Å². The summed E-state index contributed by atoms with van der Waals surface area (Å²) >= 11 is 0. The normalized spacial score (nSPS) is 16.0. The second kappa shape index (κ2) is 6.11. The first-order valence-electron chi connectivity index (χ1n) is 6.89. The lowest BCUT2D eigenvalue weighted by Crippen LogP contribution is -2.37. The van der Waals surface area contributed by atoms with E-state index in [2.05, 4.69) is 0 Å². The van der Waals surface area contributed by atoms with Gasteiger partial charge in [0.2, 0.25) is 10.0 Å². The number of carbonyl (C=O) groups is 1. The van der Waals surface area contributed by atoms with Crippen molar-refractivity contribution in [3.8, 4) is 0 Å². The van der Waals surface area contributed by atoms with Crippen LogP contribution in [0.2, 0.25) is 0 Å². The van der Waals surface area contributed by atoms with Crippen molar-refractivity contribution in [3.63, 3.8) is 0 Å². The topological polar surface area (TPSA) is 74.7 Å². The Kier molecular flexibility index (Phi) is 4.63. The molecule has 5 nitrogen and oxygen atoms in total. The van der Waals surface area contributed by atoms with Crippen LogP contribution in [0, 0.1) is 11.7 Å². The molecule has 1 aliphatic rings. The summed E-state index contributed by atoms with van der Waals surface area (Å²) in [5.41, 5.74) is -0.400. The number of benzene rings is 1. The Bertz CT molecular complexity index is 640. The molecule has 2 rings (SSSR count). The van der Waals surface area contributed by atoms with Crippen molar-refractivity contribution in [1.29, 1.82) is 0 Å². The maximum absolute atomic E-state index is 13.4. The molecule has 0 aliphatic heterocycles. The monoisotopic (exact) mass is 315 g/mol. The van der Waals surface area contributed by atoms with E-state index in [0.717, 1.165) is 37.5 Å². The molecule has 0 radical (unpaired) electrons. The molecule has 0 unspecified atom stereocenters. The molecule has 0 heterocycles. The van der Waals surface area contributed by atoms with Gasteiger partial charge in [-0.2, -0.15) is 4.31 Å². The Morgan fingerprint density at radius 2 is 2.10 bits per heavy atom. The van der Waals surface area contributed by atoms with Crippen LogP contribution in [0.4, 0.5) is 4.39 Å². The first-order chi connectivity index (χ1) is 9.86. The standard InChI is InChI=1S/C14H18FNO4S/c1-2-16(9-10-4-3-5-10)21(19,20)13-8-11(15)6-7-12(13)14(17)18/h6-8,10H,2-5,9H2,1H3,(H,17,18). The molecule has 1 saturated carbocycles. The fraction of sp³-hybridized carbons (Fsp3) is 0.500. The second-order valence-corrected chi connectivity index (χ2v) is 7.10. The van der Waals surface area contributed by atoms with Gasteiger partial charge < -0.3 is 5.11 Å². The van der Waals surface area contributed by atoms with E-state index in [0.29, 0.717) is 12.5 Å². The third kappa shape index (κ3) is 3.24. The van der Waals surface area contributed by atoms with Crippen molar-refractivity contribution in [2.75, 3.05) is 13.1 Å². The van der Waals surface area contributed by atoms with Crippen molar-refractivity contribution >= 4 is 16.0 Å². The number of halogens is 1. The molecule has 21 heavy (non-hydrogen) atoms. The van der Waals surface area contributed by atoms with Crippen LogP contribution in [0.1, 0.15) is 36.5 Å². The fourth-order valence-electron chi connectivity index (χ4n) is 2.39. The summed E-state index contributed by atoms with van der Waals surface area (Å²) in [6, 6.07) is 2.72. The lowest BCUT2D eigenvalue weighted by atomic mass is 9.85. The molecule has 0 atom stereocenters. The smallest absolute Gasteiger partial charge is 0.337 e. The minimum Gasteiger partial charge on any atom is -0.478 e. The highest BCUT2D eigenvalue weighted by Gasteiger charge is 2.31. The van der Waals surface area contributed by atoms with Gasteiger partial charge in [-0.3, -0.25) is 0 Å². The zero-order chi connectivity index (χ0) is 15.6. The van der Waals surface area contributed by atoms with E-state index < -0.39 is 32.3 Å². The van der Waals surface area contributed by atoms with Crippen LogP contribution >= 0.6 is 0 Å². The minimum atomic E-state index is -4.01. The predicted octanol–water partition coefficient (Wildman–Crippen LogP) is 2.33. The average Bonchev–Trinajstić information content (AvgIpc) is 2.36. The summed E-state index contributed by atoms with van der Waals surface area (Å²) in [4.78, 5) is 10.7. The van der Waals surface area contributed by atoms with Crippen molar-refractivity contribution in [2.24, 2.45) is 5.92 Å². The minimum absolute atomic E-state index is 0.231. The number of carboxylic acid groups (broad SMARTS) is 1. The van der Waals surface area contributed by atoms with Gasteiger partial charge in [-0.1, -0.05) is 13.3 Å². The molecule has 116 valence electrons. The largest absolute Gasteiger partial charge is 0.478 e. The van der Waals surface area contributed by atoms with Crippen LogP contribution in [-0.2, 0) is 10.0 Å². The van der Waals surface area contributed by atoms with Crippen LogP contribution < -0.4 is 0 Å². The molecular formula is C14H18FNO4S. The number of hydrogen-bond acceptors (Lipinski definition) is 3. The van der Waals surface area contributed by atoms with E-state index in [9.17, 15) is 17.6 Å². The van der Waals surface area contributed by atoms with Crippen LogP contribution in [0.3, 0.4) is 0 Å². The third-order valence-electron chi connectivity index (χ3n) is 3.83. The van der Waals surface area contributed by atoms with E-state index in [1.807, 2.05) is 0 Å². The quantitative estimate of drug-likeness (QED) is 0.874. The van der Waals surface area contributed by atoms with Crippen molar-refractivity contribution < 1.29 is 22.7 Å². The molecule has 0 bridgehead atoms. The molecule has 1 N–H and O–H groups in total. The van der Waals surface area contributed by atoms with Gasteiger partial charge in [-0.15, -0.1) is 0 Å². The fourth-order valence-corrected chi connectivity index (χ4v) is 4.11. The Labute approximate surface area is 123 Å². The average molecular weight is 315 g/mol. The third-order valence-corrected chi connectivity index (χ3v) is 5.81. The summed E-state index contributed by atoms with van der Waals surface area (Å²) < 4.78 is 39.8.